The van der Waals surface area contributed by atoms with Crippen molar-refractivity contribution in [3.8, 4) is 0 Å². The van der Waals surface area contributed by atoms with Gasteiger partial charge < -0.3 is 15.4 Å². The molecule has 1 rings (SSSR count). The van der Waals surface area contributed by atoms with Crippen LogP contribution in [0.4, 0.5) is 0 Å². The number of carbonyl (C=O) groups excluding carboxylic acids is 1. The van der Waals surface area contributed by atoms with Gasteiger partial charge in [0.2, 0.25) is 5.91 Å². The van der Waals surface area contributed by atoms with Gasteiger partial charge in [0, 0.05) is 12.1 Å². The maximum atomic E-state index is 11.8. The zero-order valence-corrected chi connectivity index (χ0v) is 9.45. The molecular formula is C11H20N2O2. The third kappa shape index (κ3) is 3.32. The zero-order valence-electron chi connectivity index (χ0n) is 9.45. The third-order valence-electron chi connectivity index (χ3n) is 2.61. The molecule has 0 bridgehead atoms. The van der Waals surface area contributed by atoms with Gasteiger partial charge in [-0.25, -0.2) is 0 Å². The van der Waals surface area contributed by atoms with E-state index in [9.17, 15) is 4.79 Å². The van der Waals surface area contributed by atoms with Crippen molar-refractivity contribution < 1.29 is 9.53 Å². The largest absolute Gasteiger partial charge is 0.379 e. The quantitative estimate of drug-likeness (QED) is 0.645. The molecule has 0 saturated carbocycles. The minimum Gasteiger partial charge on any atom is -0.379 e. The van der Waals surface area contributed by atoms with Gasteiger partial charge in [0.1, 0.15) is 0 Å². The van der Waals surface area contributed by atoms with Crippen LogP contribution in [0.25, 0.3) is 0 Å². The summed E-state index contributed by atoms with van der Waals surface area (Å²) in [7, 11) is 0. The van der Waals surface area contributed by atoms with E-state index in [0.29, 0.717) is 13.2 Å². The molecule has 1 heterocycles. The van der Waals surface area contributed by atoms with Crippen molar-refractivity contribution in [2.75, 3.05) is 19.8 Å². The first-order chi connectivity index (χ1) is 7.19. The first kappa shape index (κ1) is 12.2. The fourth-order valence-corrected chi connectivity index (χ4v) is 1.67. The number of likely N-dealkylation sites (N-methyl/N-ethyl adjacent to an activating group) is 1. The summed E-state index contributed by atoms with van der Waals surface area (Å²) in [5.74, 6) is -0.0294. The van der Waals surface area contributed by atoms with Crippen LogP contribution in [0, 0.1) is 5.92 Å². The lowest BCUT2D eigenvalue weighted by atomic mass is 10.0. The number of amides is 1. The molecule has 0 aromatic carbocycles. The van der Waals surface area contributed by atoms with Crippen molar-refractivity contribution in [2.24, 2.45) is 5.92 Å². The molecule has 1 amide bonds. The number of carbonyl (C=O) groups is 1. The molecule has 0 aromatic heterocycles. The molecule has 1 saturated heterocycles. The van der Waals surface area contributed by atoms with Crippen LogP contribution >= 0.6 is 0 Å². The van der Waals surface area contributed by atoms with Crippen molar-refractivity contribution in [3.63, 3.8) is 0 Å². The van der Waals surface area contributed by atoms with Crippen LogP contribution in [0.5, 0.6) is 0 Å². The molecular weight excluding hydrogens is 192 g/mol. The summed E-state index contributed by atoms with van der Waals surface area (Å²) < 4.78 is 5.31. The Morgan fingerprint density at radius 1 is 1.67 bits per heavy atom. The van der Waals surface area contributed by atoms with Gasteiger partial charge in [-0.3, -0.25) is 4.79 Å². The van der Waals surface area contributed by atoms with Crippen LogP contribution < -0.4 is 10.6 Å². The monoisotopic (exact) mass is 212 g/mol. The van der Waals surface area contributed by atoms with Crippen molar-refractivity contribution >= 4 is 5.91 Å². The van der Waals surface area contributed by atoms with E-state index >= 15 is 0 Å². The Bertz CT molecular complexity index is 231. The van der Waals surface area contributed by atoms with E-state index in [1.807, 2.05) is 13.8 Å². The summed E-state index contributed by atoms with van der Waals surface area (Å²) in [6, 6.07) is 0.160. The first-order valence-electron chi connectivity index (χ1n) is 5.43. The van der Waals surface area contributed by atoms with E-state index in [0.717, 1.165) is 6.54 Å². The number of hydrogen-bond acceptors (Lipinski definition) is 3. The lowest BCUT2D eigenvalue weighted by Gasteiger charge is -2.19. The number of nitrogens with one attached hydrogen (secondary N) is 2. The van der Waals surface area contributed by atoms with Crippen LogP contribution in [0.2, 0.25) is 0 Å². The summed E-state index contributed by atoms with van der Waals surface area (Å²) >= 11 is 0. The van der Waals surface area contributed by atoms with Crippen molar-refractivity contribution in [3.05, 3.63) is 12.7 Å². The molecule has 0 spiro atoms. The highest BCUT2D eigenvalue weighted by Gasteiger charge is 2.33. The highest BCUT2D eigenvalue weighted by molar-refractivity contribution is 5.80. The minimum atomic E-state index is -0.0765. The molecule has 15 heavy (non-hydrogen) atoms. The highest BCUT2D eigenvalue weighted by Crippen LogP contribution is 2.13. The molecule has 86 valence electrons. The Kier molecular flexibility index (Phi) is 4.78. The second kappa shape index (κ2) is 5.88. The molecule has 3 unspecified atom stereocenters. The molecule has 1 aliphatic rings. The summed E-state index contributed by atoms with van der Waals surface area (Å²) in [5, 5.41) is 6.14. The molecule has 0 radical (unpaired) electrons. The Labute approximate surface area is 91.1 Å². The van der Waals surface area contributed by atoms with Crippen molar-refractivity contribution in [2.45, 2.75) is 25.9 Å². The summed E-state index contributed by atoms with van der Waals surface area (Å²) in [5.41, 5.74) is 0. The van der Waals surface area contributed by atoms with E-state index in [-0.39, 0.29) is 23.9 Å². The highest BCUT2D eigenvalue weighted by atomic mass is 16.5. The van der Waals surface area contributed by atoms with E-state index < -0.39 is 0 Å². The Morgan fingerprint density at radius 2 is 2.40 bits per heavy atom. The number of ether oxygens (including phenoxy) is 1. The first-order valence-corrected chi connectivity index (χ1v) is 5.43. The number of hydrogen-bond donors (Lipinski definition) is 2. The van der Waals surface area contributed by atoms with Gasteiger partial charge in [-0.1, -0.05) is 13.0 Å². The number of rotatable bonds is 5. The fraction of sp³-hybridized carbons (Fsp3) is 0.727. The van der Waals surface area contributed by atoms with Gasteiger partial charge in [0.15, 0.2) is 0 Å². The molecule has 4 nitrogen and oxygen atoms in total. The molecule has 1 fully saturated rings. The molecule has 3 atom stereocenters. The Hall–Kier alpha value is -0.870. The summed E-state index contributed by atoms with van der Waals surface area (Å²) in [4.78, 5) is 11.8. The summed E-state index contributed by atoms with van der Waals surface area (Å²) in [6.07, 6.45) is 1.72. The van der Waals surface area contributed by atoms with Gasteiger partial charge in [-0.15, -0.1) is 6.58 Å². The van der Waals surface area contributed by atoms with Crippen LogP contribution in [0.15, 0.2) is 12.7 Å². The fourth-order valence-electron chi connectivity index (χ4n) is 1.67. The van der Waals surface area contributed by atoms with Crippen LogP contribution in [-0.2, 0) is 9.53 Å². The van der Waals surface area contributed by atoms with Crippen LogP contribution in [0.3, 0.4) is 0 Å². The summed E-state index contributed by atoms with van der Waals surface area (Å²) in [6.45, 7) is 9.55. The van der Waals surface area contributed by atoms with Gasteiger partial charge in [0.05, 0.1) is 19.1 Å². The predicted molar refractivity (Wildman–Crippen MR) is 59.6 cm³/mol. The van der Waals surface area contributed by atoms with Gasteiger partial charge in [-0.2, -0.15) is 0 Å². The normalized spacial score (nSPS) is 27.3. The minimum absolute atomic E-state index is 0.0142. The molecule has 1 aliphatic heterocycles. The maximum absolute atomic E-state index is 11.8. The Morgan fingerprint density at radius 3 is 3.00 bits per heavy atom. The third-order valence-corrected chi connectivity index (χ3v) is 2.61. The van der Waals surface area contributed by atoms with Crippen molar-refractivity contribution in [1.29, 1.82) is 0 Å². The van der Waals surface area contributed by atoms with E-state index in [4.69, 9.17) is 4.74 Å². The van der Waals surface area contributed by atoms with Crippen LogP contribution in [0.1, 0.15) is 13.8 Å². The van der Waals surface area contributed by atoms with Gasteiger partial charge in [-0.05, 0) is 13.5 Å². The smallest absolute Gasteiger partial charge is 0.227 e. The molecule has 2 N–H and O–H groups in total. The lowest BCUT2D eigenvalue weighted by molar-refractivity contribution is -0.125. The second-order valence-electron chi connectivity index (χ2n) is 3.84. The van der Waals surface area contributed by atoms with Gasteiger partial charge >= 0.3 is 0 Å². The van der Waals surface area contributed by atoms with Gasteiger partial charge in [0.25, 0.3) is 0 Å². The average Bonchev–Trinajstić information content (AvgIpc) is 2.66. The standard InChI is InChI=1S/C11H20N2O2/c1-4-8(3)13-11(14)9-6-15-7-10(9)12-5-2/h4,8-10,12H,1,5-7H2,2-3H3,(H,13,14). The van der Waals surface area contributed by atoms with E-state index in [2.05, 4.69) is 17.2 Å². The Balaban J connectivity index is 2.46. The molecule has 4 heteroatoms. The molecule has 0 aliphatic carbocycles. The lowest BCUT2D eigenvalue weighted by Crippen LogP contribution is -2.45. The average molecular weight is 212 g/mol. The predicted octanol–water partition coefficient (Wildman–Crippen LogP) is 0.302. The topological polar surface area (TPSA) is 50.4 Å². The van der Waals surface area contributed by atoms with Crippen molar-refractivity contribution in [1.82, 2.24) is 10.6 Å². The second-order valence-corrected chi connectivity index (χ2v) is 3.84. The maximum Gasteiger partial charge on any atom is 0.227 e. The van der Waals surface area contributed by atoms with Crippen LogP contribution in [-0.4, -0.2) is 37.7 Å². The zero-order chi connectivity index (χ0) is 11.3. The van der Waals surface area contributed by atoms with E-state index in [1.54, 1.807) is 6.08 Å². The van der Waals surface area contributed by atoms with E-state index in [1.165, 1.54) is 0 Å². The molecule has 0 aromatic rings. The SMILES string of the molecule is C=CC(C)NC(=O)C1COCC1NCC.